The van der Waals surface area contributed by atoms with E-state index in [0.717, 1.165) is 42.5 Å². The number of likely N-dealkylation sites (tertiary alicyclic amines) is 1. The van der Waals surface area contributed by atoms with Gasteiger partial charge in [0.1, 0.15) is 17.6 Å². The zero-order valence-electron chi connectivity index (χ0n) is 19.0. The predicted octanol–water partition coefficient (Wildman–Crippen LogP) is 5.85. The van der Waals surface area contributed by atoms with E-state index in [2.05, 4.69) is 13.8 Å². The van der Waals surface area contributed by atoms with Crippen molar-refractivity contribution in [3.8, 4) is 5.75 Å². The lowest BCUT2D eigenvalue weighted by Gasteiger charge is -2.35. The molecule has 170 valence electrons. The fourth-order valence-electron chi connectivity index (χ4n) is 4.66. The Balaban J connectivity index is 1.79. The molecule has 32 heavy (non-hydrogen) atoms. The van der Waals surface area contributed by atoms with E-state index >= 15 is 0 Å². The third-order valence-electron chi connectivity index (χ3n) is 6.29. The summed E-state index contributed by atoms with van der Waals surface area (Å²) < 4.78 is 5.81. The standard InChI is InChI=1S/C26H31NO4S/c1-16(2)15-31-20-11-7-8-18(14-20)23(28)21-22(25-17(3)12-13-32-25)27(26(30)24(21)29)19-9-5-4-6-10-19/h7-8,11-14,16,19,22,28H,4-6,9-10,15H2,1-3H3/b23-21-. The molecule has 2 aromatic rings. The highest BCUT2D eigenvalue weighted by Crippen LogP contribution is 2.45. The molecule has 1 unspecified atom stereocenters. The number of rotatable bonds is 6. The molecule has 1 aromatic carbocycles. The van der Waals surface area contributed by atoms with Crippen molar-refractivity contribution in [3.63, 3.8) is 0 Å². The number of carbonyl (C=O) groups excluding carboxylic acids is 2. The van der Waals surface area contributed by atoms with Crippen LogP contribution in [0.25, 0.3) is 5.76 Å². The van der Waals surface area contributed by atoms with Crippen LogP contribution >= 0.6 is 11.3 Å². The summed E-state index contributed by atoms with van der Waals surface area (Å²) in [5, 5.41) is 13.3. The fourth-order valence-corrected chi connectivity index (χ4v) is 5.69. The number of aliphatic hydroxyl groups excluding tert-OH is 1. The number of ether oxygens (including phenoxy) is 1. The largest absolute Gasteiger partial charge is 0.507 e. The third kappa shape index (κ3) is 4.33. The lowest BCUT2D eigenvalue weighted by molar-refractivity contribution is -0.141. The van der Waals surface area contributed by atoms with Gasteiger partial charge in [-0.1, -0.05) is 45.2 Å². The number of benzene rings is 1. The van der Waals surface area contributed by atoms with E-state index in [9.17, 15) is 14.7 Å². The van der Waals surface area contributed by atoms with Crippen molar-refractivity contribution in [2.24, 2.45) is 5.92 Å². The molecule has 2 heterocycles. The average molecular weight is 454 g/mol. The van der Waals surface area contributed by atoms with Gasteiger partial charge >= 0.3 is 0 Å². The van der Waals surface area contributed by atoms with Gasteiger partial charge in [0.2, 0.25) is 0 Å². The molecule has 1 N–H and O–H groups in total. The zero-order chi connectivity index (χ0) is 22.8. The first kappa shape index (κ1) is 22.6. The smallest absolute Gasteiger partial charge is 0.295 e. The van der Waals surface area contributed by atoms with Gasteiger partial charge in [-0.15, -0.1) is 11.3 Å². The lowest BCUT2D eigenvalue weighted by atomic mass is 9.92. The highest BCUT2D eigenvalue weighted by atomic mass is 32.1. The van der Waals surface area contributed by atoms with Crippen LogP contribution in [0.15, 0.2) is 41.3 Å². The van der Waals surface area contributed by atoms with Crippen LogP contribution < -0.4 is 4.74 Å². The molecule has 1 saturated carbocycles. The number of hydrogen-bond acceptors (Lipinski definition) is 5. The summed E-state index contributed by atoms with van der Waals surface area (Å²) in [5.74, 6) is -0.222. The number of ketones is 1. The molecular weight excluding hydrogens is 422 g/mol. The summed E-state index contributed by atoms with van der Waals surface area (Å²) >= 11 is 1.53. The topological polar surface area (TPSA) is 66.8 Å². The summed E-state index contributed by atoms with van der Waals surface area (Å²) in [6.07, 6.45) is 5.06. The molecule has 2 fully saturated rings. The molecule has 1 aliphatic carbocycles. The number of aliphatic hydroxyl groups is 1. The lowest BCUT2D eigenvalue weighted by Crippen LogP contribution is -2.40. The second kappa shape index (κ2) is 9.49. The van der Waals surface area contributed by atoms with E-state index in [1.165, 1.54) is 11.3 Å². The van der Waals surface area contributed by atoms with E-state index in [1.807, 2.05) is 24.4 Å². The first-order chi connectivity index (χ1) is 15.4. The molecule has 2 aliphatic rings. The van der Waals surface area contributed by atoms with Crippen LogP contribution in [0.3, 0.4) is 0 Å². The van der Waals surface area contributed by atoms with Crippen LogP contribution in [0.4, 0.5) is 0 Å². The Morgan fingerprint density at radius 3 is 2.59 bits per heavy atom. The van der Waals surface area contributed by atoms with E-state index in [4.69, 9.17) is 4.74 Å². The van der Waals surface area contributed by atoms with Crippen molar-refractivity contribution in [1.29, 1.82) is 0 Å². The SMILES string of the molecule is Cc1ccsc1C1/C(=C(/O)c2cccc(OCC(C)C)c2)C(=O)C(=O)N1C1CCCCC1. The van der Waals surface area contributed by atoms with Crippen LogP contribution in [-0.2, 0) is 9.59 Å². The second-order valence-corrected chi connectivity index (χ2v) is 10.1. The van der Waals surface area contributed by atoms with Gasteiger partial charge in [-0.25, -0.2) is 0 Å². The van der Waals surface area contributed by atoms with Crippen molar-refractivity contribution in [1.82, 2.24) is 4.90 Å². The van der Waals surface area contributed by atoms with Crippen molar-refractivity contribution in [2.45, 2.75) is 65.0 Å². The van der Waals surface area contributed by atoms with E-state index in [0.29, 0.717) is 23.8 Å². The number of aryl methyl sites for hydroxylation is 1. The fraction of sp³-hybridized carbons (Fsp3) is 0.462. The maximum Gasteiger partial charge on any atom is 0.295 e. The number of Topliss-reactive ketones (excluding diaryl/α,β-unsaturated/α-hetero) is 1. The second-order valence-electron chi connectivity index (χ2n) is 9.20. The minimum Gasteiger partial charge on any atom is -0.507 e. The Bertz CT molecular complexity index is 1030. The van der Waals surface area contributed by atoms with Gasteiger partial charge in [-0.05, 0) is 54.8 Å². The molecule has 1 atom stereocenters. The van der Waals surface area contributed by atoms with Gasteiger partial charge in [0.05, 0.1) is 12.2 Å². The van der Waals surface area contributed by atoms with Crippen LogP contribution in [0.2, 0.25) is 0 Å². The van der Waals surface area contributed by atoms with Crippen molar-refractivity contribution < 1.29 is 19.4 Å². The summed E-state index contributed by atoms with van der Waals surface area (Å²) in [7, 11) is 0. The third-order valence-corrected chi connectivity index (χ3v) is 7.36. The monoisotopic (exact) mass is 453 g/mol. The minimum absolute atomic E-state index is 0.0257. The van der Waals surface area contributed by atoms with Crippen LogP contribution in [0, 0.1) is 12.8 Å². The van der Waals surface area contributed by atoms with Gasteiger partial charge in [0.15, 0.2) is 0 Å². The highest BCUT2D eigenvalue weighted by molar-refractivity contribution is 7.10. The summed E-state index contributed by atoms with van der Waals surface area (Å²) in [6.45, 7) is 6.69. The molecule has 0 spiro atoms. The van der Waals surface area contributed by atoms with Gasteiger partial charge in [-0.3, -0.25) is 9.59 Å². The number of hydrogen-bond donors (Lipinski definition) is 1. The molecule has 1 aliphatic heterocycles. The van der Waals surface area contributed by atoms with Crippen LogP contribution in [0.5, 0.6) is 5.75 Å². The summed E-state index contributed by atoms with van der Waals surface area (Å²) in [6, 6.07) is 8.61. The molecular formula is C26H31NO4S. The van der Waals surface area contributed by atoms with Crippen molar-refractivity contribution in [2.75, 3.05) is 6.61 Å². The zero-order valence-corrected chi connectivity index (χ0v) is 19.8. The van der Waals surface area contributed by atoms with Gasteiger partial charge in [0, 0.05) is 16.5 Å². The van der Waals surface area contributed by atoms with Gasteiger partial charge in [-0.2, -0.15) is 0 Å². The van der Waals surface area contributed by atoms with Crippen LogP contribution in [-0.4, -0.2) is 34.3 Å². The number of nitrogens with zero attached hydrogens (tertiary/aromatic N) is 1. The Morgan fingerprint density at radius 1 is 1.19 bits per heavy atom. The predicted molar refractivity (Wildman–Crippen MR) is 127 cm³/mol. The maximum atomic E-state index is 13.3. The quantitative estimate of drug-likeness (QED) is 0.339. The Morgan fingerprint density at radius 2 is 1.94 bits per heavy atom. The molecule has 0 bridgehead atoms. The molecule has 1 saturated heterocycles. The molecule has 0 radical (unpaired) electrons. The number of carbonyl (C=O) groups is 2. The maximum absolute atomic E-state index is 13.3. The molecule has 4 rings (SSSR count). The molecule has 1 aromatic heterocycles. The molecule has 5 nitrogen and oxygen atoms in total. The minimum atomic E-state index is -0.598. The van der Waals surface area contributed by atoms with E-state index in [1.54, 1.807) is 23.1 Å². The number of thiophene rings is 1. The van der Waals surface area contributed by atoms with Crippen molar-refractivity contribution in [3.05, 3.63) is 57.3 Å². The Hall–Kier alpha value is -2.60. The van der Waals surface area contributed by atoms with E-state index in [-0.39, 0.29) is 17.4 Å². The Kier molecular flexibility index (Phi) is 6.70. The van der Waals surface area contributed by atoms with Gasteiger partial charge < -0.3 is 14.7 Å². The van der Waals surface area contributed by atoms with Crippen LogP contribution in [0.1, 0.15) is 68.0 Å². The summed E-state index contributed by atoms with van der Waals surface area (Å²) in [4.78, 5) is 29.2. The normalized spacial score (nSPS) is 21.5. The Labute approximate surface area is 193 Å². The number of amides is 1. The molecule has 1 amide bonds. The highest BCUT2D eigenvalue weighted by Gasteiger charge is 2.49. The van der Waals surface area contributed by atoms with Gasteiger partial charge in [0.25, 0.3) is 11.7 Å². The van der Waals surface area contributed by atoms with Crippen molar-refractivity contribution >= 4 is 28.8 Å². The average Bonchev–Trinajstić information content (AvgIpc) is 3.33. The van der Waals surface area contributed by atoms with E-state index < -0.39 is 17.7 Å². The summed E-state index contributed by atoms with van der Waals surface area (Å²) in [5.41, 5.74) is 1.71. The first-order valence-corrected chi connectivity index (χ1v) is 12.3. The first-order valence-electron chi connectivity index (χ1n) is 11.5. The molecule has 6 heteroatoms.